The SMILES string of the molecule is CCC(=O)CC1[C@]2(C)C(C(=O)c3c(ccc(C(=O)O)c3O)[C@H]2C)C(O)[C@@]2(O)C(=O)C(C(N)=O)C(O)[C@H](C(C)C)[C@@]12C. The maximum absolute atomic E-state index is 14.3. The zero-order chi connectivity index (χ0) is 31.1. The molecule has 3 aliphatic carbocycles. The van der Waals surface area contributed by atoms with Crippen LogP contribution >= 0.6 is 0 Å². The van der Waals surface area contributed by atoms with Crippen LogP contribution in [0.15, 0.2) is 12.1 Å². The Morgan fingerprint density at radius 1 is 1.10 bits per heavy atom. The molecule has 2 fully saturated rings. The highest BCUT2D eigenvalue weighted by Gasteiger charge is 2.80. The molecular weight excluding hydrogens is 534 g/mol. The fraction of sp³-hybridized carbons (Fsp3) is 0.633. The number of aliphatic hydroxyl groups excluding tert-OH is 2. The fourth-order valence-corrected chi connectivity index (χ4v) is 8.96. The van der Waals surface area contributed by atoms with E-state index in [-0.39, 0.29) is 24.2 Å². The number of nitrogens with two attached hydrogens (primary N) is 1. The molecule has 0 heterocycles. The van der Waals surface area contributed by atoms with Crippen LogP contribution in [0.2, 0.25) is 0 Å². The van der Waals surface area contributed by atoms with Gasteiger partial charge in [-0.2, -0.15) is 0 Å². The van der Waals surface area contributed by atoms with Crippen molar-refractivity contribution in [3.05, 3.63) is 28.8 Å². The van der Waals surface area contributed by atoms with Crippen LogP contribution in [0.4, 0.5) is 0 Å². The monoisotopic (exact) mass is 573 g/mol. The number of aromatic hydroxyl groups is 1. The van der Waals surface area contributed by atoms with Gasteiger partial charge in [0, 0.05) is 18.3 Å². The average Bonchev–Trinajstić information content (AvgIpc) is 2.87. The summed E-state index contributed by atoms with van der Waals surface area (Å²) in [6.45, 7) is 10.0. The van der Waals surface area contributed by atoms with Crippen molar-refractivity contribution in [2.45, 2.75) is 78.1 Å². The third-order valence-corrected chi connectivity index (χ3v) is 11.0. The molecule has 3 aliphatic rings. The van der Waals surface area contributed by atoms with Gasteiger partial charge in [-0.3, -0.25) is 19.2 Å². The van der Waals surface area contributed by atoms with E-state index >= 15 is 0 Å². The van der Waals surface area contributed by atoms with E-state index in [2.05, 4.69) is 0 Å². The summed E-state index contributed by atoms with van der Waals surface area (Å²) in [6, 6.07) is 2.59. The van der Waals surface area contributed by atoms with E-state index in [9.17, 15) is 49.5 Å². The van der Waals surface area contributed by atoms with Gasteiger partial charge in [0.25, 0.3) is 0 Å². The van der Waals surface area contributed by atoms with Crippen molar-refractivity contribution < 1.29 is 49.5 Å². The molecule has 0 aliphatic heterocycles. The van der Waals surface area contributed by atoms with Crippen molar-refractivity contribution in [2.75, 3.05) is 0 Å². The zero-order valence-electron chi connectivity index (χ0n) is 24.0. The number of rotatable bonds is 6. The summed E-state index contributed by atoms with van der Waals surface area (Å²) >= 11 is 0. The Labute approximate surface area is 237 Å². The second-order valence-corrected chi connectivity index (χ2v) is 12.8. The van der Waals surface area contributed by atoms with Gasteiger partial charge in [0.1, 0.15) is 29.1 Å². The van der Waals surface area contributed by atoms with Gasteiger partial charge in [0.15, 0.2) is 17.2 Å². The van der Waals surface area contributed by atoms with E-state index in [0.717, 1.165) is 0 Å². The van der Waals surface area contributed by atoms with Crippen LogP contribution < -0.4 is 5.73 Å². The number of Topliss-reactive ketones (excluding diaryl/α,β-unsaturated/α-hetero) is 3. The first-order valence-electron chi connectivity index (χ1n) is 13.9. The maximum atomic E-state index is 14.3. The molecule has 0 bridgehead atoms. The number of fused-ring (bicyclic) bond motifs is 3. The summed E-state index contributed by atoms with van der Waals surface area (Å²) in [5.41, 5.74) is -0.927. The molecular formula is C30H39NO10. The number of hydrogen-bond acceptors (Lipinski definition) is 9. The van der Waals surface area contributed by atoms with Gasteiger partial charge in [-0.25, -0.2) is 4.79 Å². The Kier molecular flexibility index (Phi) is 7.29. The van der Waals surface area contributed by atoms with E-state index < -0.39 is 98.9 Å². The quantitative estimate of drug-likeness (QED) is 0.269. The molecule has 1 amide bonds. The lowest BCUT2D eigenvalue weighted by Gasteiger charge is -2.71. The van der Waals surface area contributed by atoms with Gasteiger partial charge in [0.05, 0.1) is 17.6 Å². The third kappa shape index (κ3) is 3.64. The highest BCUT2D eigenvalue weighted by atomic mass is 16.4. The van der Waals surface area contributed by atoms with Crippen LogP contribution in [0.5, 0.6) is 5.75 Å². The molecule has 0 saturated heterocycles. The lowest BCUT2D eigenvalue weighted by Crippen LogP contribution is -2.82. The maximum Gasteiger partial charge on any atom is 0.339 e. The van der Waals surface area contributed by atoms with Crippen LogP contribution in [-0.4, -0.2) is 72.6 Å². The Morgan fingerprint density at radius 2 is 1.68 bits per heavy atom. The van der Waals surface area contributed by atoms with Crippen LogP contribution in [0, 0.1) is 40.4 Å². The van der Waals surface area contributed by atoms with Gasteiger partial charge >= 0.3 is 5.97 Å². The van der Waals surface area contributed by atoms with E-state index in [1.165, 1.54) is 19.1 Å². The number of benzene rings is 1. The number of amides is 1. The van der Waals surface area contributed by atoms with Crippen molar-refractivity contribution in [3.8, 4) is 5.75 Å². The smallest absolute Gasteiger partial charge is 0.339 e. The molecule has 7 N–H and O–H groups in total. The Bertz CT molecular complexity index is 1350. The normalized spacial score (nSPS) is 40.0. The van der Waals surface area contributed by atoms with Gasteiger partial charge in [-0.15, -0.1) is 0 Å². The molecule has 0 spiro atoms. The number of carboxylic acid groups (broad SMARTS) is 1. The Hall–Kier alpha value is -3.15. The third-order valence-electron chi connectivity index (χ3n) is 11.0. The molecule has 2 saturated carbocycles. The predicted molar refractivity (Wildman–Crippen MR) is 144 cm³/mol. The van der Waals surface area contributed by atoms with Gasteiger partial charge < -0.3 is 31.3 Å². The van der Waals surface area contributed by atoms with Crippen molar-refractivity contribution >= 4 is 29.2 Å². The van der Waals surface area contributed by atoms with E-state index in [4.69, 9.17) is 5.73 Å². The molecule has 11 nitrogen and oxygen atoms in total. The lowest BCUT2D eigenvalue weighted by molar-refractivity contribution is -0.292. The van der Waals surface area contributed by atoms with E-state index in [1.54, 1.807) is 34.6 Å². The Morgan fingerprint density at radius 3 is 2.17 bits per heavy atom. The van der Waals surface area contributed by atoms with E-state index in [0.29, 0.717) is 5.56 Å². The second-order valence-electron chi connectivity index (χ2n) is 12.8. The molecule has 10 atom stereocenters. The second kappa shape index (κ2) is 9.71. The molecule has 5 unspecified atom stereocenters. The van der Waals surface area contributed by atoms with Crippen molar-refractivity contribution in [2.24, 2.45) is 46.2 Å². The number of carbonyl (C=O) groups excluding carboxylic acids is 4. The van der Waals surface area contributed by atoms with Gasteiger partial charge in [-0.1, -0.05) is 47.6 Å². The van der Waals surface area contributed by atoms with Gasteiger partial charge in [-0.05, 0) is 40.7 Å². The minimum atomic E-state index is -2.81. The zero-order valence-corrected chi connectivity index (χ0v) is 24.0. The molecule has 0 aromatic heterocycles. The molecule has 11 heteroatoms. The van der Waals surface area contributed by atoms with E-state index in [1.807, 2.05) is 0 Å². The highest BCUT2D eigenvalue weighted by Crippen LogP contribution is 2.71. The summed E-state index contributed by atoms with van der Waals surface area (Å²) < 4.78 is 0. The number of aromatic carboxylic acids is 1. The van der Waals surface area contributed by atoms with Crippen molar-refractivity contribution in [1.82, 2.24) is 0 Å². The minimum absolute atomic E-state index is 0.0999. The number of phenols is 1. The van der Waals surface area contributed by atoms with Crippen molar-refractivity contribution in [3.63, 3.8) is 0 Å². The number of carboxylic acids is 1. The molecule has 1 aromatic carbocycles. The van der Waals surface area contributed by atoms with Crippen LogP contribution in [0.3, 0.4) is 0 Å². The molecule has 224 valence electrons. The van der Waals surface area contributed by atoms with Crippen LogP contribution in [0.1, 0.15) is 86.6 Å². The summed E-state index contributed by atoms with van der Waals surface area (Å²) in [6.07, 6.45) is -3.90. The fourth-order valence-electron chi connectivity index (χ4n) is 8.96. The number of ketones is 3. The molecule has 0 radical (unpaired) electrons. The Balaban J connectivity index is 2.13. The first-order chi connectivity index (χ1) is 18.9. The number of aliphatic hydroxyl groups is 3. The molecule has 41 heavy (non-hydrogen) atoms. The first kappa shape index (κ1) is 30.8. The summed E-state index contributed by atoms with van der Waals surface area (Å²) in [5.74, 6) is -12.5. The number of hydrogen-bond donors (Lipinski definition) is 6. The molecule has 1 aromatic rings. The summed E-state index contributed by atoms with van der Waals surface area (Å²) in [4.78, 5) is 65.7. The first-order valence-corrected chi connectivity index (χ1v) is 13.9. The lowest BCUT2D eigenvalue weighted by atomic mass is 9.33. The average molecular weight is 574 g/mol. The predicted octanol–water partition coefficient (Wildman–Crippen LogP) is 1.43. The van der Waals surface area contributed by atoms with Crippen LogP contribution in [-0.2, 0) is 14.4 Å². The van der Waals surface area contributed by atoms with Crippen molar-refractivity contribution in [1.29, 1.82) is 0 Å². The molecule has 4 rings (SSSR count). The number of primary amides is 1. The largest absolute Gasteiger partial charge is 0.506 e. The highest BCUT2D eigenvalue weighted by molar-refractivity contribution is 6.10. The summed E-state index contributed by atoms with van der Waals surface area (Å²) in [7, 11) is 0. The van der Waals surface area contributed by atoms with Gasteiger partial charge in [0.2, 0.25) is 5.91 Å². The standard InChI is InChI=1S/C30H39NO10/c1-7-13(32)10-16-28(5)12(4)14-8-9-15(27(39)40)21(33)17(14)22(34)20(28)25(37)30(41)24(36)18(26(31)38)23(35)19(11(2)3)29(16,30)6/h8-9,11-12,16,18-20,23,25,33,35,37,41H,7,10H2,1-6H3,(H2,31,38)(H,39,40)/t12-,16?,18?,19+,20?,23?,25?,28-,29-,30+/m1/s1. The minimum Gasteiger partial charge on any atom is -0.506 e. The summed E-state index contributed by atoms with van der Waals surface area (Å²) in [5, 5.41) is 56.5. The number of carbonyl (C=O) groups is 5. The topological polar surface area (TPSA) is 213 Å². The van der Waals surface area contributed by atoms with Crippen LogP contribution in [0.25, 0.3) is 0 Å².